The molecule has 0 bridgehead atoms. The molecular weight excluding hydrogens is 1200 g/mol. The Balaban J connectivity index is -0.000000106. The van der Waals surface area contributed by atoms with Crippen LogP contribution in [0.15, 0.2) is 12.3 Å². The lowest BCUT2D eigenvalue weighted by atomic mass is 9.79. The predicted molar refractivity (Wildman–Crippen MR) is 408 cm³/mol. The molecule has 0 amide bonds. The highest BCUT2D eigenvalue weighted by Gasteiger charge is 2.32. The largest absolute Gasteiger partial charge is 0.493 e. The quantitative estimate of drug-likeness (QED) is 0.0916. The van der Waals surface area contributed by atoms with Gasteiger partial charge >= 0.3 is 0 Å². The van der Waals surface area contributed by atoms with Crippen LogP contribution in [0, 0.1) is 22.2 Å². The van der Waals surface area contributed by atoms with Crippen molar-refractivity contribution in [3.63, 3.8) is 0 Å². The lowest BCUT2D eigenvalue weighted by Crippen LogP contribution is -2.40. The van der Waals surface area contributed by atoms with Crippen LogP contribution in [0.4, 0.5) is 0 Å². The zero-order chi connectivity index (χ0) is 79.5. The third-order valence-electron chi connectivity index (χ3n) is 11.0. The van der Waals surface area contributed by atoms with Crippen molar-refractivity contribution >= 4 is 23.1 Å². The zero-order valence-corrected chi connectivity index (χ0v) is 72.6. The highest BCUT2D eigenvalue weighted by atomic mass is 16.5. The van der Waals surface area contributed by atoms with E-state index in [1.165, 1.54) is 13.8 Å². The zero-order valence-electron chi connectivity index (χ0n) is 72.6. The van der Waals surface area contributed by atoms with E-state index in [4.69, 9.17) is 42.6 Å². The van der Waals surface area contributed by atoms with Gasteiger partial charge in [0.05, 0.1) is 76.5 Å². The van der Waals surface area contributed by atoms with E-state index in [-0.39, 0.29) is 104 Å². The predicted octanol–water partition coefficient (Wildman–Crippen LogP) is 21.0. The van der Waals surface area contributed by atoms with Gasteiger partial charge in [-0.15, -0.1) is 0 Å². The number of ether oxygens (including phenoxy) is 9. The van der Waals surface area contributed by atoms with Crippen molar-refractivity contribution in [1.82, 2.24) is 0 Å². The molecule has 0 rings (SSSR count). The van der Waals surface area contributed by atoms with Crippen LogP contribution in [0.2, 0.25) is 0 Å². The number of aliphatic hydroxyl groups excluding tert-OH is 1. The topological polar surface area (TPSA) is 192 Å². The van der Waals surface area contributed by atoms with Gasteiger partial charge in [-0.1, -0.05) is 96.6 Å². The van der Waals surface area contributed by atoms with E-state index in [0.717, 1.165) is 44.7 Å². The summed E-state index contributed by atoms with van der Waals surface area (Å²) in [5, 5.41) is 18.5. The summed E-state index contributed by atoms with van der Waals surface area (Å²) in [6.45, 7) is 99.7. The van der Waals surface area contributed by atoms with Crippen LogP contribution in [0.5, 0.6) is 0 Å². The first-order chi connectivity index (χ1) is 41.0. The van der Waals surface area contributed by atoms with E-state index in [0.29, 0.717) is 19.1 Å². The number of allylic oxidation sites excluding steroid dienone is 1. The average molecular weight is 1370 g/mol. The Morgan fingerprint density at radius 2 is 0.695 bits per heavy atom. The Labute approximate surface area is 592 Å². The molecule has 0 aromatic rings. The van der Waals surface area contributed by atoms with E-state index < -0.39 is 16.8 Å². The van der Waals surface area contributed by atoms with Gasteiger partial charge in [-0.25, -0.2) is 0 Å². The summed E-state index contributed by atoms with van der Waals surface area (Å²) in [4.78, 5) is 42.8. The molecule has 0 aromatic carbocycles. The average Bonchev–Trinajstić information content (AvgIpc) is 0.890. The number of Topliss-reactive ketones (excluding diaryl/α,β-unsaturated/α-hetero) is 4. The monoisotopic (exact) mass is 1370 g/mol. The first-order valence-corrected chi connectivity index (χ1v) is 34.8. The maximum Gasteiger partial charge on any atom is 0.161 e. The normalized spacial score (nSPS) is 12.9. The molecule has 0 spiro atoms. The molecule has 2 N–H and O–H groups in total. The fraction of sp³-hybridized carbons (Fsp3) is 0.925. The molecule has 0 aliphatic rings. The standard InChI is InChI=1S/C10H20O.2C9H18O2.C9H20O.C8H18O.C7H16O2.2C7H14O2.2C7H16O/c1-8(2)7-9(3)11-10(4,5)6;2*1-7(10)9(5,6)11-8(2,3)4;1-8(2,3)7-10-9(4,5)6;1-5-7(9)6-8(2,3)4;1-7(2,3)9-6-5-8-4;2*1-6(8)5-9-7(2,3)4;1-6(2,3)7(4,5)8;1-5-6-8-7(2,3)4/h8H,3,7H2,1-2,4-6H3;2*1-6H3;7H2,1-6H3;7,9H,5-6H2,1-4H3;5-6H2,1-4H3;2*5H2,1-4H3;8H,1-5H3;5-6H2,1-4H3. The van der Waals surface area contributed by atoms with Crippen LogP contribution in [0.25, 0.3) is 0 Å². The fourth-order valence-corrected chi connectivity index (χ4v) is 5.36. The fourth-order valence-electron chi connectivity index (χ4n) is 5.36. The lowest BCUT2D eigenvalue weighted by Gasteiger charge is -2.33. The highest BCUT2D eigenvalue weighted by molar-refractivity contribution is 5.84. The van der Waals surface area contributed by atoms with Crippen molar-refractivity contribution in [2.45, 2.75) is 419 Å². The van der Waals surface area contributed by atoms with E-state index in [1.807, 2.05) is 166 Å². The number of carbonyl (C=O) groups excluding carboxylic acids is 4. The van der Waals surface area contributed by atoms with Crippen LogP contribution in [-0.4, -0.2) is 148 Å². The second kappa shape index (κ2) is 51.0. The van der Waals surface area contributed by atoms with E-state index in [9.17, 15) is 29.4 Å². The molecule has 580 valence electrons. The van der Waals surface area contributed by atoms with Gasteiger partial charge in [0.1, 0.15) is 30.0 Å². The summed E-state index contributed by atoms with van der Waals surface area (Å²) >= 11 is 0. The Morgan fingerprint density at radius 1 is 0.411 bits per heavy atom. The summed E-state index contributed by atoms with van der Waals surface area (Å²) < 4.78 is 48.0. The molecule has 0 fully saturated rings. The summed E-state index contributed by atoms with van der Waals surface area (Å²) in [6, 6.07) is 0. The number of rotatable bonds is 19. The Kier molecular flexibility index (Phi) is 61.3. The Hall–Kier alpha value is -2.18. The number of methoxy groups -OCH3 is 1. The van der Waals surface area contributed by atoms with Crippen LogP contribution in [0.1, 0.15) is 351 Å². The smallest absolute Gasteiger partial charge is 0.161 e. The Bertz CT molecular complexity index is 1800. The molecule has 0 saturated carbocycles. The molecule has 0 radical (unpaired) electrons. The SMILES string of the molecule is C=C(CC(C)C)OC(C)(C)C.CC(=O)C(C)(C)OC(C)(C)C.CC(=O)C(C)(C)OC(C)(C)C.CC(=O)COC(C)(C)C.CC(=O)COC(C)(C)C.CC(C)(C)C(C)(C)O.CC(C)(C)COC(C)(C)C.CCC(O)CC(C)(C)C.CCCOC(C)(C)C.COCCOC(C)(C)C. The number of ketones is 4. The van der Waals surface area contributed by atoms with Crippen LogP contribution in [0.3, 0.4) is 0 Å². The van der Waals surface area contributed by atoms with Crippen molar-refractivity contribution in [2.75, 3.05) is 46.8 Å². The van der Waals surface area contributed by atoms with Gasteiger partial charge in [-0.3, -0.25) is 19.2 Å². The van der Waals surface area contributed by atoms with Crippen LogP contribution in [-0.2, 0) is 61.8 Å². The summed E-state index contributed by atoms with van der Waals surface area (Å²) in [7, 11) is 1.67. The van der Waals surface area contributed by atoms with Crippen molar-refractivity contribution < 1.29 is 72.0 Å². The van der Waals surface area contributed by atoms with Crippen molar-refractivity contribution in [3.05, 3.63) is 12.3 Å². The molecule has 1 atom stereocenters. The molecule has 0 aromatic heterocycles. The van der Waals surface area contributed by atoms with Crippen molar-refractivity contribution in [2.24, 2.45) is 22.2 Å². The summed E-state index contributed by atoms with van der Waals surface area (Å²) in [5.74, 6) is 1.80. The molecule has 0 saturated heterocycles. The van der Waals surface area contributed by atoms with Crippen molar-refractivity contribution in [1.29, 1.82) is 0 Å². The number of aliphatic hydroxyl groups is 2. The summed E-state index contributed by atoms with van der Waals surface area (Å²) in [5.41, 5.74) is -2.27. The van der Waals surface area contributed by atoms with Crippen LogP contribution < -0.4 is 0 Å². The minimum atomic E-state index is -0.655. The first-order valence-electron chi connectivity index (χ1n) is 34.8. The maximum absolute atomic E-state index is 11.0. The second-order valence-corrected chi connectivity index (χ2v) is 37.6. The molecule has 0 aliphatic heterocycles. The van der Waals surface area contributed by atoms with Gasteiger partial charge in [0.15, 0.2) is 23.1 Å². The third kappa shape index (κ3) is 126. The first kappa shape index (κ1) is 114. The molecule has 15 nitrogen and oxygen atoms in total. The second-order valence-electron chi connectivity index (χ2n) is 37.6. The number of hydrogen-bond donors (Lipinski definition) is 2. The van der Waals surface area contributed by atoms with E-state index >= 15 is 0 Å². The molecule has 0 aliphatic carbocycles. The molecule has 0 heterocycles. The molecule has 1 unspecified atom stereocenters. The number of hydrogen-bond acceptors (Lipinski definition) is 15. The van der Waals surface area contributed by atoms with Gasteiger partial charge in [-0.05, 0) is 277 Å². The van der Waals surface area contributed by atoms with Gasteiger partial charge in [0.2, 0.25) is 0 Å². The van der Waals surface area contributed by atoms with E-state index in [2.05, 4.69) is 110 Å². The Morgan fingerprint density at radius 3 is 0.811 bits per heavy atom. The van der Waals surface area contributed by atoms with Gasteiger partial charge in [0.25, 0.3) is 0 Å². The minimum Gasteiger partial charge on any atom is -0.493 e. The van der Waals surface area contributed by atoms with Crippen LogP contribution >= 0.6 is 0 Å². The van der Waals surface area contributed by atoms with Crippen molar-refractivity contribution in [3.8, 4) is 0 Å². The molecule has 95 heavy (non-hydrogen) atoms. The summed E-state index contributed by atoms with van der Waals surface area (Å²) in [6.07, 6.45) is 3.74. The molecule has 15 heteroatoms. The minimum absolute atomic E-state index is 0.00694. The maximum atomic E-state index is 11.0. The van der Waals surface area contributed by atoms with Gasteiger partial charge in [0, 0.05) is 20.1 Å². The van der Waals surface area contributed by atoms with E-state index in [1.54, 1.807) is 48.7 Å². The third-order valence-corrected chi connectivity index (χ3v) is 11.0. The molecular formula is C80H170O15. The lowest BCUT2D eigenvalue weighted by molar-refractivity contribution is -0.155. The van der Waals surface area contributed by atoms with Gasteiger partial charge in [-0.2, -0.15) is 0 Å². The van der Waals surface area contributed by atoms with Gasteiger partial charge < -0.3 is 52.8 Å². The number of carbonyl (C=O) groups is 4. The highest BCUT2D eigenvalue weighted by Crippen LogP contribution is 2.29.